The molecule has 0 spiro atoms. The highest BCUT2D eigenvalue weighted by Gasteiger charge is 1.99. The zero-order chi connectivity index (χ0) is 9.26. The molecule has 0 atom stereocenters. The van der Waals surface area contributed by atoms with E-state index in [4.69, 9.17) is 11.0 Å². The Bertz CT molecular complexity index is 502. The fourth-order valence-corrected chi connectivity index (χ4v) is 1.23. The summed E-state index contributed by atoms with van der Waals surface area (Å²) < 4.78 is 0. The lowest BCUT2D eigenvalue weighted by Gasteiger charge is -1.99. The molecule has 0 fully saturated rings. The number of pyridine rings is 1. The second-order valence-corrected chi connectivity index (χ2v) is 2.73. The Morgan fingerprint density at radius 3 is 2.71 bits per heavy atom. The minimum atomic E-state index is 0. The number of para-hydroxylation sites is 1. The van der Waals surface area contributed by atoms with Crippen molar-refractivity contribution in [2.75, 3.05) is 5.73 Å². The van der Waals surface area contributed by atoms with Crippen LogP contribution in [0.4, 0.5) is 5.69 Å². The minimum Gasteiger partial charge on any atom is -0.397 e. The second-order valence-electron chi connectivity index (χ2n) is 2.73. The summed E-state index contributed by atoms with van der Waals surface area (Å²) in [5, 5.41) is 9.59. The Morgan fingerprint density at radius 2 is 2.00 bits per heavy atom. The predicted octanol–water partition coefficient (Wildman–Crippen LogP) is 2.11. The van der Waals surface area contributed by atoms with Gasteiger partial charge in [0, 0.05) is 5.39 Å². The van der Waals surface area contributed by atoms with Crippen LogP contribution in [0, 0.1) is 11.3 Å². The average molecular weight is 206 g/mol. The van der Waals surface area contributed by atoms with Crippen LogP contribution in [0.15, 0.2) is 30.3 Å². The maximum Gasteiger partial charge on any atom is 0.141 e. The Kier molecular flexibility index (Phi) is 2.90. The summed E-state index contributed by atoms with van der Waals surface area (Å²) in [6.07, 6.45) is 0. The van der Waals surface area contributed by atoms with Gasteiger partial charge in [-0.25, -0.2) is 4.98 Å². The van der Waals surface area contributed by atoms with Crippen LogP contribution in [-0.2, 0) is 0 Å². The third-order valence-electron chi connectivity index (χ3n) is 1.87. The third kappa shape index (κ3) is 1.61. The molecule has 0 saturated heterocycles. The highest BCUT2D eigenvalue weighted by atomic mass is 35.5. The summed E-state index contributed by atoms with van der Waals surface area (Å²) in [7, 11) is 0. The highest BCUT2D eigenvalue weighted by molar-refractivity contribution is 5.89. The molecule has 1 aromatic carbocycles. The van der Waals surface area contributed by atoms with E-state index < -0.39 is 0 Å². The number of aromatic nitrogens is 1. The summed E-state index contributed by atoms with van der Waals surface area (Å²) in [5.41, 5.74) is 7.40. The Hall–Kier alpha value is -1.79. The second kappa shape index (κ2) is 3.95. The molecule has 2 aromatic rings. The molecule has 0 amide bonds. The van der Waals surface area contributed by atoms with Crippen molar-refractivity contribution in [2.45, 2.75) is 0 Å². The van der Waals surface area contributed by atoms with Gasteiger partial charge in [-0.15, -0.1) is 12.4 Å². The van der Waals surface area contributed by atoms with Gasteiger partial charge in [-0.05, 0) is 18.2 Å². The highest BCUT2D eigenvalue weighted by Crippen LogP contribution is 2.18. The SMILES string of the molecule is Cl.N#Cc1ccc2cccc(N)c2n1. The van der Waals surface area contributed by atoms with Crippen molar-refractivity contribution in [3.63, 3.8) is 0 Å². The molecule has 0 aliphatic rings. The van der Waals surface area contributed by atoms with Crippen LogP contribution in [0.25, 0.3) is 10.9 Å². The van der Waals surface area contributed by atoms with Crippen molar-refractivity contribution < 1.29 is 0 Å². The van der Waals surface area contributed by atoms with Crippen LogP contribution < -0.4 is 5.73 Å². The smallest absolute Gasteiger partial charge is 0.141 e. The molecule has 1 aromatic heterocycles. The standard InChI is InChI=1S/C10H7N3.ClH/c11-6-8-5-4-7-2-1-3-9(12)10(7)13-8;/h1-5H,12H2;1H. The summed E-state index contributed by atoms with van der Waals surface area (Å²) in [6.45, 7) is 0. The Balaban J connectivity index is 0.000000980. The first-order valence-corrected chi connectivity index (χ1v) is 3.86. The topological polar surface area (TPSA) is 62.7 Å². The van der Waals surface area contributed by atoms with E-state index in [0.717, 1.165) is 5.39 Å². The van der Waals surface area contributed by atoms with Gasteiger partial charge < -0.3 is 5.73 Å². The van der Waals surface area contributed by atoms with Crippen molar-refractivity contribution in [3.05, 3.63) is 36.0 Å². The molecule has 0 aliphatic carbocycles. The fraction of sp³-hybridized carbons (Fsp3) is 0. The molecule has 0 radical (unpaired) electrons. The van der Waals surface area contributed by atoms with E-state index in [0.29, 0.717) is 16.9 Å². The molecule has 0 bridgehead atoms. The Labute approximate surface area is 87.6 Å². The van der Waals surface area contributed by atoms with Gasteiger partial charge >= 0.3 is 0 Å². The zero-order valence-electron chi connectivity index (χ0n) is 7.27. The van der Waals surface area contributed by atoms with Crippen LogP contribution in [0.3, 0.4) is 0 Å². The van der Waals surface area contributed by atoms with Crippen molar-refractivity contribution in [1.82, 2.24) is 4.98 Å². The maximum atomic E-state index is 8.63. The van der Waals surface area contributed by atoms with Crippen molar-refractivity contribution in [1.29, 1.82) is 5.26 Å². The quantitative estimate of drug-likeness (QED) is 0.670. The predicted molar refractivity (Wildman–Crippen MR) is 58.1 cm³/mol. The van der Waals surface area contributed by atoms with E-state index >= 15 is 0 Å². The first-order valence-electron chi connectivity index (χ1n) is 3.86. The molecule has 0 unspecified atom stereocenters. The van der Waals surface area contributed by atoms with Crippen LogP contribution in [0.1, 0.15) is 5.69 Å². The number of fused-ring (bicyclic) bond motifs is 1. The molecule has 3 nitrogen and oxygen atoms in total. The number of hydrogen-bond donors (Lipinski definition) is 1. The lowest BCUT2D eigenvalue weighted by molar-refractivity contribution is 1.33. The van der Waals surface area contributed by atoms with Gasteiger partial charge in [-0.3, -0.25) is 0 Å². The number of benzene rings is 1. The van der Waals surface area contributed by atoms with Crippen LogP contribution >= 0.6 is 12.4 Å². The normalized spacial score (nSPS) is 9.07. The number of anilines is 1. The first-order chi connectivity index (χ1) is 6.31. The molecule has 4 heteroatoms. The minimum absolute atomic E-state index is 0. The summed E-state index contributed by atoms with van der Waals surface area (Å²) in [5.74, 6) is 0. The van der Waals surface area contributed by atoms with Crippen molar-refractivity contribution in [2.24, 2.45) is 0 Å². The van der Waals surface area contributed by atoms with Gasteiger partial charge in [0.1, 0.15) is 11.8 Å². The number of nitrogens with two attached hydrogens (primary N) is 1. The first kappa shape index (κ1) is 10.3. The van der Waals surface area contributed by atoms with E-state index in [2.05, 4.69) is 4.98 Å². The van der Waals surface area contributed by atoms with E-state index in [1.807, 2.05) is 24.3 Å². The summed E-state index contributed by atoms with van der Waals surface area (Å²) in [4.78, 5) is 4.11. The van der Waals surface area contributed by atoms with Gasteiger partial charge in [-0.1, -0.05) is 12.1 Å². The lowest BCUT2D eigenvalue weighted by atomic mass is 10.2. The zero-order valence-corrected chi connectivity index (χ0v) is 8.08. The van der Waals surface area contributed by atoms with Gasteiger partial charge in [0.15, 0.2) is 0 Å². The van der Waals surface area contributed by atoms with Crippen LogP contribution in [0.2, 0.25) is 0 Å². The molecular formula is C10H8ClN3. The molecule has 14 heavy (non-hydrogen) atoms. The van der Waals surface area contributed by atoms with Gasteiger partial charge in [-0.2, -0.15) is 5.26 Å². The number of hydrogen-bond acceptors (Lipinski definition) is 3. The number of rotatable bonds is 0. The van der Waals surface area contributed by atoms with E-state index in [-0.39, 0.29) is 12.4 Å². The lowest BCUT2D eigenvalue weighted by Crippen LogP contribution is -1.90. The number of nitrogens with zero attached hydrogens (tertiary/aromatic N) is 2. The van der Waals surface area contributed by atoms with Gasteiger partial charge in [0.2, 0.25) is 0 Å². The Morgan fingerprint density at radius 1 is 1.21 bits per heavy atom. The largest absolute Gasteiger partial charge is 0.397 e. The summed E-state index contributed by atoms with van der Waals surface area (Å²) in [6, 6.07) is 11.1. The maximum absolute atomic E-state index is 8.63. The van der Waals surface area contributed by atoms with Crippen LogP contribution in [0.5, 0.6) is 0 Å². The average Bonchev–Trinajstić information content (AvgIpc) is 2.18. The summed E-state index contributed by atoms with van der Waals surface area (Å²) >= 11 is 0. The molecular weight excluding hydrogens is 198 g/mol. The molecule has 70 valence electrons. The van der Waals surface area contributed by atoms with E-state index in [9.17, 15) is 0 Å². The van der Waals surface area contributed by atoms with Gasteiger partial charge in [0.25, 0.3) is 0 Å². The number of halogens is 1. The monoisotopic (exact) mass is 205 g/mol. The molecule has 2 N–H and O–H groups in total. The molecule has 0 aliphatic heterocycles. The van der Waals surface area contributed by atoms with Crippen molar-refractivity contribution in [3.8, 4) is 6.07 Å². The number of nitrogen functional groups attached to an aromatic ring is 1. The third-order valence-corrected chi connectivity index (χ3v) is 1.87. The van der Waals surface area contributed by atoms with Crippen LogP contribution in [-0.4, -0.2) is 4.98 Å². The molecule has 0 saturated carbocycles. The van der Waals surface area contributed by atoms with Gasteiger partial charge in [0.05, 0.1) is 11.2 Å². The molecule has 1 heterocycles. The number of nitriles is 1. The van der Waals surface area contributed by atoms with E-state index in [1.54, 1.807) is 12.1 Å². The van der Waals surface area contributed by atoms with E-state index in [1.165, 1.54) is 0 Å². The molecule has 2 rings (SSSR count). The van der Waals surface area contributed by atoms with Crippen molar-refractivity contribution >= 4 is 29.0 Å². The fourth-order valence-electron chi connectivity index (χ4n) is 1.23.